The van der Waals surface area contributed by atoms with E-state index in [1.54, 1.807) is 6.92 Å². The zero-order chi connectivity index (χ0) is 12.4. The first-order valence-electron chi connectivity index (χ1n) is 5.00. The lowest BCUT2D eigenvalue weighted by Gasteiger charge is -2.11. The minimum absolute atomic E-state index is 0.136. The summed E-state index contributed by atoms with van der Waals surface area (Å²) in [5.74, 6) is -0.820. The molecular weight excluding hydrogens is 226 g/mol. The number of halogens is 2. The molecule has 1 aromatic heterocycles. The summed E-state index contributed by atoms with van der Waals surface area (Å²) in [4.78, 5) is 7.84. The Labute approximate surface area is 96.8 Å². The van der Waals surface area contributed by atoms with E-state index in [-0.39, 0.29) is 11.3 Å². The van der Waals surface area contributed by atoms with E-state index in [1.165, 1.54) is 12.3 Å². The summed E-state index contributed by atoms with van der Waals surface area (Å²) in [6.45, 7) is 1.65. The SMILES string of the molecule is Cc1nccc(C(O)c2cc(F)ccc2F)n1. The molecule has 0 saturated heterocycles. The van der Waals surface area contributed by atoms with Crippen LogP contribution in [0.5, 0.6) is 0 Å². The van der Waals surface area contributed by atoms with Gasteiger partial charge in [-0.25, -0.2) is 18.7 Å². The number of benzene rings is 1. The van der Waals surface area contributed by atoms with Gasteiger partial charge in [0.25, 0.3) is 0 Å². The maximum absolute atomic E-state index is 13.4. The molecule has 0 amide bonds. The van der Waals surface area contributed by atoms with E-state index in [0.717, 1.165) is 18.2 Å². The number of nitrogens with zero attached hydrogens (tertiary/aromatic N) is 2. The van der Waals surface area contributed by atoms with E-state index in [0.29, 0.717) is 5.82 Å². The third-order valence-electron chi connectivity index (χ3n) is 2.33. The fourth-order valence-electron chi connectivity index (χ4n) is 1.51. The van der Waals surface area contributed by atoms with E-state index in [1.807, 2.05) is 0 Å². The van der Waals surface area contributed by atoms with Gasteiger partial charge >= 0.3 is 0 Å². The third kappa shape index (κ3) is 2.45. The Kier molecular flexibility index (Phi) is 3.10. The number of aryl methyl sites for hydroxylation is 1. The van der Waals surface area contributed by atoms with Gasteiger partial charge in [0.1, 0.15) is 23.6 Å². The number of hydrogen-bond donors (Lipinski definition) is 1. The quantitative estimate of drug-likeness (QED) is 0.868. The van der Waals surface area contributed by atoms with Crippen molar-refractivity contribution in [2.75, 3.05) is 0 Å². The van der Waals surface area contributed by atoms with Gasteiger partial charge in [0.15, 0.2) is 0 Å². The van der Waals surface area contributed by atoms with Gasteiger partial charge in [-0.05, 0) is 31.2 Å². The maximum Gasteiger partial charge on any atom is 0.129 e. The fraction of sp³-hybridized carbons (Fsp3) is 0.167. The first-order valence-corrected chi connectivity index (χ1v) is 5.00. The van der Waals surface area contributed by atoms with Gasteiger partial charge in [-0.1, -0.05) is 0 Å². The van der Waals surface area contributed by atoms with Crippen molar-refractivity contribution in [1.29, 1.82) is 0 Å². The second-order valence-corrected chi connectivity index (χ2v) is 3.60. The first kappa shape index (κ1) is 11.6. The van der Waals surface area contributed by atoms with Crippen molar-refractivity contribution in [3.8, 4) is 0 Å². The highest BCUT2D eigenvalue weighted by atomic mass is 19.1. The van der Waals surface area contributed by atoms with Crippen molar-refractivity contribution in [2.45, 2.75) is 13.0 Å². The largest absolute Gasteiger partial charge is 0.382 e. The van der Waals surface area contributed by atoms with E-state index in [9.17, 15) is 13.9 Å². The smallest absolute Gasteiger partial charge is 0.129 e. The van der Waals surface area contributed by atoms with Crippen LogP contribution in [0.25, 0.3) is 0 Å². The lowest BCUT2D eigenvalue weighted by Crippen LogP contribution is -2.06. The molecule has 2 rings (SSSR count). The van der Waals surface area contributed by atoms with Gasteiger partial charge in [-0.3, -0.25) is 0 Å². The Balaban J connectivity index is 2.43. The number of aliphatic hydroxyl groups is 1. The van der Waals surface area contributed by atoms with E-state index in [2.05, 4.69) is 9.97 Å². The van der Waals surface area contributed by atoms with Crippen LogP contribution in [0.2, 0.25) is 0 Å². The predicted molar refractivity (Wildman–Crippen MR) is 57.2 cm³/mol. The second-order valence-electron chi connectivity index (χ2n) is 3.60. The monoisotopic (exact) mass is 236 g/mol. The van der Waals surface area contributed by atoms with Crippen LogP contribution in [0.4, 0.5) is 8.78 Å². The van der Waals surface area contributed by atoms with E-state index in [4.69, 9.17) is 0 Å². The Morgan fingerprint density at radius 2 is 2.00 bits per heavy atom. The van der Waals surface area contributed by atoms with Gasteiger partial charge in [-0.15, -0.1) is 0 Å². The van der Waals surface area contributed by atoms with Gasteiger partial charge in [0.2, 0.25) is 0 Å². The molecule has 0 aliphatic heterocycles. The lowest BCUT2D eigenvalue weighted by molar-refractivity contribution is 0.209. The second kappa shape index (κ2) is 4.55. The maximum atomic E-state index is 13.4. The van der Waals surface area contributed by atoms with E-state index < -0.39 is 17.7 Å². The standard InChI is InChI=1S/C12H10F2N2O/c1-7-15-5-4-11(16-7)12(17)9-6-8(13)2-3-10(9)14/h2-6,12,17H,1H3. The molecule has 17 heavy (non-hydrogen) atoms. The zero-order valence-corrected chi connectivity index (χ0v) is 9.06. The summed E-state index contributed by atoms with van der Waals surface area (Å²) < 4.78 is 26.4. The summed E-state index contributed by atoms with van der Waals surface area (Å²) in [5.41, 5.74) is 0.102. The summed E-state index contributed by atoms with van der Waals surface area (Å²) in [6.07, 6.45) is 0.158. The van der Waals surface area contributed by atoms with Crippen LogP contribution in [0.1, 0.15) is 23.2 Å². The van der Waals surface area contributed by atoms with Crippen LogP contribution in [0.15, 0.2) is 30.5 Å². The molecule has 2 aromatic rings. The minimum Gasteiger partial charge on any atom is -0.382 e. The van der Waals surface area contributed by atoms with Gasteiger partial charge in [0, 0.05) is 11.8 Å². The molecule has 0 aliphatic rings. The van der Waals surface area contributed by atoms with Crippen LogP contribution in [0, 0.1) is 18.6 Å². The molecule has 0 saturated carbocycles. The van der Waals surface area contributed by atoms with Crippen LogP contribution in [-0.4, -0.2) is 15.1 Å². The van der Waals surface area contributed by atoms with Crippen molar-refractivity contribution >= 4 is 0 Å². The molecule has 1 N–H and O–H groups in total. The molecule has 1 aromatic carbocycles. The normalized spacial score (nSPS) is 12.5. The van der Waals surface area contributed by atoms with Crippen LogP contribution in [-0.2, 0) is 0 Å². The number of aromatic nitrogens is 2. The van der Waals surface area contributed by atoms with Crippen molar-refractivity contribution in [3.63, 3.8) is 0 Å². The average Bonchev–Trinajstić information content (AvgIpc) is 2.31. The minimum atomic E-state index is -1.30. The van der Waals surface area contributed by atoms with Crippen molar-refractivity contribution in [3.05, 3.63) is 59.2 Å². The van der Waals surface area contributed by atoms with Crippen molar-refractivity contribution in [2.24, 2.45) is 0 Å². The molecule has 88 valence electrons. The van der Waals surface area contributed by atoms with Crippen LogP contribution < -0.4 is 0 Å². The molecule has 1 atom stereocenters. The molecule has 1 unspecified atom stereocenters. The summed E-state index contributed by atoms with van der Waals surface area (Å²) in [6, 6.07) is 4.39. The zero-order valence-electron chi connectivity index (χ0n) is 9.06. The molecule has 3 nitrogen and oxygen atoms in total. The highest BCUT2D eigenvalue weighted by Gasteiger charge is 2.17. The number of aliphatic hydroxyl groups excluding tert-OH is 1. The predicted octanol–water partition coefficient (Wildman–Crippen LogP) is 2.14. The number of rotatable bonds is 2. The highest BCUT2D eigenvalue weighted by molar-refractivity contribution is 5.27. The van der Waals surface area contributed by atoms with Crippen LogP contribution >= 0.6 is 0 Å². The molecule has 5 heteroatoms. The molecule has 0 spiro atoms. The molecule has 1 heterocycles. The fourth-order valence-corrected chi connectivity index (χ4v) is 1.51. The third-order valence-corrected chi connectivity index (χ3v) is 2.33. The molecule has 0 radical (unpaired) electrons. The lowest BCUT2D eigenvalue weighted by atomic mass is 10.1. The van der Waals surface area contributed by atoms with Crippen molar-refractivity contribution in [1.82, 2.24) is 9.97 Å². The molecule has 0 aliphatic carbocycles. The molecular formula is C12H10F2N2O. The Morgan fingerprint density at radius 3 is 2.71 bits per heavy atom. The number of hydrogen-bond acceptors (Lipinski definition) is 3. The first-order chi connectivity index (χ1) is 8.08. The summed E-state index contributed by atoms with van der Waals surface area (Å²) >= 11 is 0. The summed E-state index contributed by atoms with van der Waals surface area (Å²) in [7, 11) is 0. The Hall–Kier alpha value is -1.88. The summed E-state index contributed by atoms with van der Waals surface area (Å²) in [5, 5.41) is 9.92. The van der Waals surface area contributed by atoms with Gasteiger partial charge < -0.3 is 5.11 Å². The van der Waals surface area contributed by atoms with Gasteiger partial charge in [0.05, 0.1) is 5.69 Å². The van der Waals surface area contributed by atoms with E-state index >= 15 is 0 Å². The topological polar surface area (TPSA) is 46.0 Å². The van der Waals surface area contributed by atoms with Gasteiger partial charge in [-0.2, -0.15) is 0 Å². The Morgan fingerprint density at radius 1 is 1.24 bits per heavy atom. The highest BCUT2D eigenvalue weighted by Crippen LogP contribution is 2.23. The molecule has 0 fully saturated rings. The van der Waals surface area contributed by atoms with Crippen LogP contribution in [0.3, 0.4) is 0 Å². The molecule has 0 bridgehead atoms. The Bertz CT molecular complexity index is 546. The van der Waals surface area contributed by atoms with Crippen molar-refractivity contribution < 1.29 is 13.9 Å². The average molecular weight is 236 g/mol.